The number of thiophene rings is 1. The van der Waals surface area contributed by atoms with Crippen LogP contribution in [-0.2, 0) is 14.8 Å². The molecule has 1 heterocycles. The Morgan fingerprint density at radius 2 is 1.71 bits per heavy atom. The largest absolute Gasteiger partial charge is 0.454 e. The van der Waals surface area contributed by atoms with Gasteiger partial charge in [0.25, 0.3) is 10.0 Å². The number of benzene rings is 2. The molecule has 0 bridgehead atoms. The zero-order valence-electron chi connectivity index (χ0n) is 14.3. The summed E-state index contributed by atoms with van der Waals surface area (Å²) >= 11 is 1.08. The van der Waals surface area contributed by atoms with E-state index in [2.05, 4.69) is 4.72 Å². The van der Waals surface area contributed by atoms with Crippen molar-refractivity contribution in [3.05, 3.63) is 83.0 Å². The van der Waals surface area contributed by atoms with Crippen LogP contribution in [0.2, 0.25) is 0 Å². The zero-order chi connectivity index (χ0) is 20.1. The molecule has 0 aliphatic carbocycles. The Morgan fingerprint density at radius 1 is 1.00 bits per heavy atom. The molecule has 0 amide bonds. The second kappa shape index (κ2) is 8.32. The van der Waals surface area contributed by atoms with Crippen molar-refractivity contribution >= 4 is 38.8 Å². The molecule has 0 aliphatic rings. The fourth-order valence-corrected chi connectivity index (χ4v) is 4.33. The fourth-order valence-electron chi connectivity index (χ4n) is 2.28. The minimum absolute atomic E-state index is 0.125. The summed E-state index contributed by atoms with van der Waals surface area (Å²) in [5.74, 6) is -2.13. The number of nitrogens with one attached hydrogen (secondary N) is 1. The van der Waals surface area contributed by atoms with Gasteiger partial charge in [-0.3, -0.25) is 9.52 Å². The summed E-state index contributed by atoms with van der Waals surface area (Å²) in [5.41, 5.74) is 0.237. The molecule has 0 saturated carbocycles. The van der Waals surface area contributed by atoms with E-state index in [-0.39, 0.29) is 21.0 Å². The Bertz CT molecular complexity index is 1090. The van der Waals surface area contributed by atoms with Gasteiger partial charge in [0, 0.05) is 5.69 Å². The van der Waals surface area contributed by atoms with Crippen LogP contribution in [0.25, 0.3) is 0 Å². The summed E-state index contributed by atoms with van der Waals surface area (Å²) in [4.78, 5) is 24.0. The van der Waals surface area contributed by atoms with Crippen LogP contribution in [0.3, 0.4) is 0 Å². The molecule has 0 radical (unpaired) electrons. The fraction of sp³-hybridized carbons (Fsp3) is 0.0526. The lowest BCUT2D eigenvalue weighted by atomic mass is 10.1. The number of rotatable bonds is 7. The number of esters is 1. The highest BCUT2D eigenvalue weighted by Gasteiger charge is 2.17. The molecular weight excluding hydrogens is 405 g/mol. The highest BCUT2D eigenvalue weighted by Crippen LogP contribution is 2.20. The molecule has 9 heteroatoms. The van der Waals surface area contributed by atoms with Crippen molar-refractivity contribution < 1.29 is 27.1 Å². The van der Waals surface area contributed by atoms with Gasteiger partial charge in [0.2, 0.25) is 5.78 Å². The molecule has 0 atom stereocenters. The van der Waals surface area contributed by atoms with Crippen LogP contribution in [0.1, 0.15) is 20.7 Å². The summed E-state index contributed by atoms with van der Waals surface area (Å²) in [6.07, 6.45) is 0. The smallest absolute Gasteiger partial charge is 0.338 e. The number of ketones is 1. The summed E-state index contributed by atoms with van der Waals surface area (Å²) in [6.45, 7) is -0.605. The number of ether oxygens (including phenoxy) is 1. The highest BCUT2D eigenvalue weighted by molar-refractivity contribution is 7.94. The van der Waals surface area contributed by atoms with Gasteiger partial charge in [-0.1, -0.05) is 18.2 Å². The lowest BCUT2D eigenvalue weighted by Gasteiger charge is -2.08. The van der Waals surface area contributed by atoms with Crippen LogP contribution in [0.15, 0.2) is 70.3 Å². The molecule has 0 unspecified atom stereocenters. The van der Waals surface area contributed by atoms with E-state index in [0.29, 0.717) is 0 Å². The van der Waals surface area contributed by atoms with E-state index < -0.39 is 34.2 Å². The Labute approximate surface area is 164 Å². The van der Waals surface area contributed by atoms with E-state index >= 15 is 0 Å². The van der Waals surface area contributed by atoms with Gasteiger partial charge in [-0.25, -0.2) is 17.6 Å². The molecule has 0 spiro atoms. The number of anilines is 1. The number of Topliss-reactive ketones (excluding diaryl/α,β-unsaturated/α-hetero) is 1. The first-order valence-corrected chi connectivity index (χ1v) is 10.3. The van der Waals surface area contributed by atoms with E-state index in [4.69, 9.17) is 4.74 Å². The topological polar surface area (TPSA) is 89.5 Å². The minimum atomic E-state index is -3.69. The Hall–Kier alpha value is -3.04. The third-order valence-electron chi connectivity index (χ3n) is 3.64. The van der Waals surface area contributed by atoms with Gasteiger partial charge in [-0.05, 0) is 47.8 Å². The second-order valence-corrected chi connectivity index (χ2v) is 8.45. The minimum Gasteiger partial charge on any atom is -0.454 e. The van der Waals surface area contributed by atoms with E-state index in [1.807, 2.05) is 0 Å². The molecule has 2 aromatic carbocycles. The first kappa shape index (κ1) is 19.7. The average Bonchev–Trinajstić information content (AvgIpc) is 3.22. The van der Waals surface area contributed by atoms with Crippen LogP contribution >= 0.6 is 11.3 Å². The van der Waals surface area contributed by atoms with Gasteiger partial charge in [0.05, 0.1) is 11.1 Å². The SMILES string of the molecule is O=C(OCC(=O)c1ccccc1F)c1ccc(NS(=O)(=O)c2cccs2)cc1. The van der Waals surface area contributed by atoms with Gasteiger partial charge in [-0.2, -0.15) is 0 Å². The summed E-state index contributed by atoms with van der Waals surface area (Å²) < 4.78 is 45.3. The summed E-state index contributed by atoms with van der Waals surface area (Å²) in [6, 6.07) is 14.0. The Morgan fingerprint density at radius 3 is 2.36 bits per heavy atom. The molecule has 0 fully saturated rings. The first-order valence-electron chi connectivity index (χ1n) is 7.98. The number of hydrogen-bond acceptors (Lipinski definition) is 6. The maximum atomic E-state index is 13.6. The summed E-state index contributed by atoms with van der Waals surface area (Å²) in [5, 5.41) is 1.65. The molecule has 6 nitrogen and oxygen atoms in total. The van der Waals surface area contributed by atoms with Crippen LogP contribution in [0.5, 0.6) is 0 Å². The number of hydrogen-bond donors (Lipinski definition) is 1. The molecule has 3 aromatic rings. The average molecular weight is 419 g/mol. The van der Waals surface area contributed by atoms with Crippen molar-refractivity contribution in [1.29, 1.82) is 0 Å². The van der Waals surface area contributed by atoms with Gasteiger partial charge in [0.1, 0.15) is 10.0 Å². The van der Waals surface area contributed by atoms with Crippen molar-refractivity contribution in [3.63, 3.8) is 0 Å². The van der Waals surface area contributed by atoms with Crippen LogP contribution in [0.4, 0.5) is 10.1 Å². The summed E-state index contributed by atoms with van der Waals surface area (Å²) in [7, 11) is -3.69. The van der Waals surface area contributed by atoms with Gasteiger partial charge < -0.3 is 4.74 Å². The predicted octanol–water partition coefficient (Wildman–Crippen LogP) is 3.73. The van der Waals surface area contributed by atoms with E-state index in [1.165, 1.54) is 48.5 Å². The first-order chi connectivity index (χ1) is 13.4. The number of carbonyl (C=O) groups is 2. The molecule has 1 aromatic heterocycles. The molecule has 0 aliphatic heterocycles. The number of halogens is 1. The van der Waals surface area contributed by atoms with E-state index in [1.54, 1.807) is 11.4 Å². The standard InChI is InChI=1S/C19H14FNO5S2/c20-16-5-2-1-4-15(16)17(22)12-26-19(23)13-7-9-14(10-8-13)21-28(24,25)18-6-3-11-27-18/h1-11,21H,12H2. The van der Waals surface area contributed by atoms with Gasteiger partial charge >= 0.3 is 5.97 Å². The molecule has 144 valence electrons. The lowest BCUT2D eigenvalue weighted by Crippen LogP contribution is -2.15. The van der Waals surface area contributed by atoms with Crippen LogP contribution in [-0.4, -0.2) is 26.8 Å². The maximum absolute atomic E-state index is 13.6. The van der Waals surface area contributed by atoms with Crippen molar-refractivity contribution in [3.8, 4) is 0 Å². The zero-order valence-corrected chi connectivity index (χ0v) is 15.9. The molecule has 0 saturated heterocycles. The van der Waals surface area contributed by atoms with Crippen molar-refractivity contribution in [2.24, 2.45) is 0 Å². The van der Waals surface area contributed by atoms with Crippen LogP contribution in [0, 0.1) is 5.82 Å². The third kappa shape index (κ3) is 4.62. The van der Waals surface area contributed by atoms with Crippen molar-refractivity contribution in [2.45, 2.75) is 4.21 Å². The third-order valence-corrected chi connectivity index (χ3v) is 6.42. The Kier molecular flexibility index (Phi) is 5.86. The number of carbonyl (C=O) groups excluding carboxylic acids is 2. The van der Waals surface area contributed by atoms with Crippen molar-refractivity contribution in [2.75, 3.05) is 11.3 Å². The van der Waals surface area contributed by atoms with E-state index in [9.17, 15) is 22.4 Å². The Balaban J connectivity index is 1.61. The lowest BCUT2D eigenvalue weighted by molar-refractivity contribution is 0.0473. The normalized spacial score (nSPS) is 11.0. The van der Waals surface area contributed by atoms with Gasteiger partial charge in [-0.15, -0.1) is 11.3 Å². The quantitative estimate of drug-likeness (QED) is 0.466. The maximum Gasteiger partial charge on any atom is 0.338 e. The highest BCUT2D eigenvalue weighted by atomic mass is 32.2. The van der Waals surface area contributed by atoms with E-state index in [0.717, 1.165) is 17.4 Å². The number of sulfonamides is 1. The molecule has 28 heavy (non-hydrogen) atoms. The molecular formula is C19H14FNO5S2. The van der Waals surface area contributed by atoms with Gasteiger partial charge in [0.15, 0.2) is 6.61 Å². The monoisotopic (exact) mass is 419 g/mol. The predicted molar refractivity (Wildman–Crippen MR) is 103 cm³/mol. The molecule has 1 N–H and O–H groups in total. The molecule has 3 rings (SSSR count). The van der Waals surface area contributed by atoms with Crippen molar-refractivity contribution in [1.82, 2.24) is 0 Å². The second-order valence-electron chi connectivity index (χ2n) is 5.59. The van der Waals surface area contributed by atoms with Crippen LogP contribution < -0.4 is 4.72 Å².